The molecule has 272 valence electrons. The lowest BCUT2D eigenvalue weighted by molar-refractivity contribution is -0.327. The Morgan fingerprint density at radius 1 is 0.936 bits per heavy atom. The second kappa shape index (κ2) is 18.2. The minimum absolute atomic E-state index is 0.0375. The van der Waals surface area contributed by atoms with Gasteiger partial charge in [-0.3, -0.25) is 9.68 Å². The number of ether oxygens (including phenoxy) is 5. The van der Waals surface area contributed by atoms with E-state index in [0.717, 1.165) is 32.1 Å². The van der Waals surface area contributed by atoms with Gasteiger partial charge in [0.2, 0.25) is 5.76 Å². The van der Waals surface area contributed by atoms with E-state index in [9.17, 15) is 40.2 Å². The largest absolute Gasteiger partial charge is 0.477 e. The van der Waals surface area contributed by atoms with Crippen molar-refractivity contribution in [2.75, 3.05) is 13.7 Å². The summed E-state index contributed by atoms with van der Waals surface area (Å²) in [4.78, 5) is 29.0. The van der Waals surface area contributed by atoms with E-state index in [1.165, 1.54) is 20.1 Å². The highest BCUT2D eigenvalue weighted by molar-refractivity contribution is 5.85. The molecule has 2 aliphatic carbocycles. The lowest BCUT2D eigenvalue weighted by Crippen LogP contribution is -2.62. The van der Waals surface area contributed by atoms with Crippen molar-refractivity contribution in [1.29, 1.82) is 0 Å². The molecule has 0 radical (unpaired) electrons. The first-order valence-corrected chi connectivity index (χ1v) is 16.5. The number of esters is 1. The van der Waals surface area contributed by atoms with Crippen molar-refractivity contribution in [2.45, 2.75) is 140 Å². The average molecular weight is 679 g/mol. The Labute approximate surface area is 275 Å². The monoisotopic (exact) mass is 678 g/mol. The molecule has 15 nitrogen and oxygen atoms in total. The van der Waals surface area contributed by atoms with Crippen LogP contribution in [-0.4, -0.2) is 129 Å². The predicted octanol–water partition coefficient (Wildman–Crippen LogP) is 0.408. The van der Waals surface area contributed by atoms with Crippen LogP contribution in [-0.2, 0) is 38.2 Å². The summed E-state index contributed by atoms with van der Waals surface area (Å²) >= 11 is 0. The number of methoxy groups -OCH3 is 1. The number of rotatable bonds is 14. The molecule has 1 aliphatic heterocycles. The van der Waals surface area contributed by atoms with E-state index in [1.54, 1.807) is 20.8 Å². The molecule has 47 heavy (non-hydrogen) atoms. The maximum absolute atomic E-state index is 12.6. The van der Waals surface area contributed by atoms with Gasteiger partial charge < -0.3 is 54.3 Å². The number of aliphatic hydroxyl groups is 6. The highest BCUT2D eigenvalue weighted by Crippen LogP contribution is 2.38. The summed E-state index contributed by atoms with van der Waals surface area (Å²) in [5, 5.41) is 73.1. The fraction of sp³-hybridized carbons (Fsp3) is 0.875. The van der Waals surface area contributed by atoms with Crippen molar-refractivity contribution in [2.24, 2.45) is 23.7 Å². The van der Waals surface area contributed by atoms with Gasteiger partial charge in [0.25, 0.3) is 0 Å². The van der Waals surface area contributed by atoms with Gasteiger partial charge in [-0.15, -0.1) is 0 Å². The summed E-state index contributed by atoms with van der Waals surface area (Å²) in [7, 11) is 1.25. The second-order valence-electron chi connectivity index (χ2n) is 13.5. The molecule has 0 spiro atoms. The first-order chi connectivity index (χ1) is 22.2. The SMILES string of the molecule is COC(=O)C1CC(C)C(OC(C)C(O)C(O)C(O)C(C)C)C(OC2OC(CO)C(O)C(O/C(=C\C3CCCCC3)C(=O)OO)C2O)C1. The smallest absolute Gasteiger partial charge is 0.406 e. The standard InChI is InChI=1S/C32H54O15/c1-15(2)23(34)26(37)24(35)17(4)43-28-16(3)11-19(30(39)42-5)13-20(28)45-32-27(38)29(25(36)22(14-33)46-32)44-21(31(40)47-41)12-18-9-7-6-8-10-18/h12,15-20,22-29,32-38,41H,6-11,13-14H2,1-5H3/b21-12-. The Morgan fingerprint density at radius 2 is 1.60 bits per heavy atom. The Bertz CT molecular complexity index is 1020. The van der Waals surface area contributed by atoms with E-state index >= 15 is 0 Å². The maximum Gasteiger partial charge on any atom is 0.406 e. The fourth-order valence-corrected chi connectivity index (χ4v) is 6.72. The van der Waals surface area contributed by atoms with Crippen molar-refractivity contribution in [3.8, 4) is 0 Å². The molecule has 3 aliphatic rings. The molecule has 0 aromatic rings. The Morgan fingerprint density at radius 3 is 2.17 bits per heavy atom. The average Bonchev–Trinajstić information content (AvgIpc) is 3.06. The van der Waals surface area contributed by atoms with Crippen molar-refractivity contribution in [3.63, 3.8) is 0 Å². The molecule has 15 heteroatoms. The molecule has 2 saturated carbocycles. The molecule has 7 N–H and O–H groups in total. The molecule has 0 aromatic carbocycles. The molecule has 3 rings (SSSR count). The van der Waals surface area contributed by atoms with Crippen LogP contribution in [0.15, 0.2) is 11.8 Å². The van der Waals surface area contributed by atoms with Crippen molar-refractivity contribution in [1.82, 2.24) is 0 Å². The van der Waals surface area contributed by atoms with Crippen molar-refractivity contribution < 1.29 is 74.1 Å². The third-order valence-corrected chi connectivity index (χ3v) is 9.59. The van der Waals surface area contributed by atoms with E-state index in [4.69, 9.17) is 28.9 Å². The van der Waals surface area contributed by atoms with Gasteiger partial charge in [0.05, 0.1) is 44.1 Å². The maximum atomic E-state index is 12.6. The predicted molar refractivity (Wildman–Crippen MR) is 162 cm³/mol. The lowest BCUT2D eigenvalue weighted by Gasteiger charge is -2.46. The van der Waals surface area contributed by atoms with E-state index in [1.807, 2.05) is 0 Å². The summed E-state index contributed by atoms with van der Waals surface area (Å²) in [6.45, 7) is 5.98. The van der Waals surface area contributed by atoms with Gasteiger partial charge in [-0.2, -0.15) is 5.26 Å². The molecule has 13 atom stereocenters. The zero-order valence-corrected chi connectivity index (χ0v) is 27.8. The molecule has 1 saturated heterocycles. The summed E-state index contributed by atoms with van der Waals surface area (Å²) in [6, 6.07) is 0. The summed E-state index contributed by atoms with van der Waals surface area (Å²) in [5.41, 5.74) is 0. The van der Waals surface area contributed by atoms with Crippen LogP contribution in [0, 0.1) is 23.7 Å². The van der Waals surface area contributed by atoms with Gasteiger partial charge in [-0.25, -0.2) is 4.79 Å². The number of allylic oxidation sites excluding steroid dienone is 1. The summed E-state index contributed by atoms with van der Waals surface area (Å²) in [6.07, 6.45) is -8.65. The van der Waals surface area contributed by atoms with Gasteiger partial charge in [-0.1, -0.05) is 40.0 Å². The van der Waals surface area contributed by atoms with Crippen LogP contribution in [0.25, 0.3) is 0 Å². The number of aliphatic hydroxyl groups excluding tert-OH is 6. The lowest BCUT2D eigenvalue weighted by atomic mass is 9.78. The Kier molecular flexibility index (Phi) is 15.3. The Balaban J connectivity index is 1.87. The van der Waals surface area contributed by atoms with Gasteiger partial charge in [0, 0.05) is 0 Å². The van der Waals surface area contributed by atoms with Crippen LogP contribution in [0.4, 0.5) is 0 Å². The quantitative estimate of drug-likeness (QED) is 0.0434. The number of hydrogen-bond donors (Lipinski definition) is 7. The van der Waals surface area contributed by atoms with E-state index in [2.05, 4.69) is 4.89 Å². The molecule has 0 aromatic heterocycles. The second-order valence-corrected chi connectivity index (χ2v) is 13.5. The first kappa shape index (κ1) is 39.5. The van der Waals surface area contributed by atoms with Crippen molar-refractivity contribution >= 4 is 11.9 Å². The first-order valence-electron chi connectivity index (χ1n) is 16.5. The van der Waals surface area contributed by atoms with Crippen molar-refractivity contribution in [3.05, 3.63) is 11.8 Å². The summed E-state index contributed by atoms with van der Waals surface area (Å²) < 4.78 is 28.9. The third-order valence-electron chi connectivity index (χ3n) is 9.59. The topological polar surface area (TPSA) is 231 Å². The van der Waals surface area contributed by atoms with Gasteiger partial charge >= 0.3 is 11.9 Å². The van der Waals surface area contributed by atoms with Gasteiger partial charge in [0.1, 0.15) is 30.5 Å². The highest BCUT2D eigenvalue weighted by atomic mass is 17.1. The minimum Gasteiger partial charge on any atom is -0.477 e. The minimum atomic E-state index is -1.76. The number of carbonyl (C=O) groups excluding carboxylic acids is 2. The molecule has 1 heterocycles. The van der Waals surface area contributed by atoms with E-state index in [-0.39, 0.29) is 24.2 Å². The van der Waals surface area contributed by atoms with Crippen LogP contribution in [0.1, 0.15) is 72.6 Å². The van der Waals surface area contributed by atoms with E-state index < -0.39 is 97.6 Å². The molecular weight excluding hydrogens is 624 g/mol. The zero-order valence-electron chi connectivity index (χ0n) is 27.8. The third kappa shape index (κ3) is 10.1. The number of carbonyl (C=O) groups is 2. The van der Waals surface area contributed by atoms with E-state index in [0.29, 0.717) is 6.42 Å². The molecule has 3 fully saturated rings. The molecular formula is C32H54O15. The summed E-state index contributed by atoms with van der Waals surface area (Å²) in [5.74, 6) is -3.58. The molecule has 0 amide bonds. The zero-order chi connectivity index (χ0) is 35.0. The van der Waals surface area contributed by atoms with Crippen LogP contribution in [0.2, 0.25) is 0 Å². The highest BCUT2D eigenvalue weighted by Gasteiger charge is 2.51. The van der Waals surface area contributed by atoms with Crippen LogP contribution in [0.5, 0.6) is 0 Å². The van der Waals surface area contributed by atoms with Gasteiger partial charge in [0.15, 0.2) is 12.4 Å². The fourth-order valence-electron chi connectivity index (χ4n) is 6.72. The Hall–Kier alpha value is -1.92. The molecule has 13 unspecified atom stereocenters. The number of hydrogen-bond acceptors (Lipinski definition) is 15. The van der Waals surface area contributed by atoms with Gasteiger partial charge in [-0.05, 0) is 56.4 Å². The molecule has 0 bridgehead atoms. The van der Waals surface area contributed by atoms with Crippen LogP contribution >= 0.6 is 0 Å². The normalized spacial score (nSPS) is 35.1. The van der Waals surface area contributed by atoms with Crippen LogP contribution in [0.3, 0.4) is 0 Å². The van der Waals surface area contributed by atoms with Crippen LogP contribution < -0.4 is 0 Å².